The van der Waals surface area contributed by atoms with E-state index < -0.39 is 0 Å². The van der Waals surface area contributed by atoms with Gasteiger partial charge in [-0.1, -0.05) is 17.7 Å². The van der Waals surface area contributed by atoms with Crippen LogP contribution in [-0.2, 0) is 0 Å². The highest BCUT2D eigenvalue weighted by molar-refractivity contribution is 5.97. The molecule has 1 aromatic carbocycles. The number of rotatable bonds is 7. The smallest absolute Gasteiger partial charge is 0.251 e. The van der Waals surface area contributed by atoms with Gasteiger partial charge in [0.05, 0.1) is 6.61 Å². The van der Waals surface area contributed by atoms with Crippen LogP contribution in [0, 0.1) is 6.92 Å². The minimum Gasteiger partial charge on any atom is -0.395 e. The highest BCUT2D eigenvalue weighted by atomic mass is 16.3. The topological polar surface area (TPSA) is 64.6 Å². The Labute approximate surface area is 151 Å². The predicted octanol–water partition coefficient (Wildman–Crippen LogP) is 2.56. The summed E-state index contributed by atoms with van der Waals surface area (Å²) in [6.07, 6.45) is 4.50. The predicted molar refractivity (Wildman–Crippen MR) is 103 cm³/mol. The zero-order valence-corrected chi connectivity index (χ0v) is 15.6. The van der Waals surface area contributed by atoms with E-state index >= 15 is 0 Å². The van der Waals surface area contributed by atoms with Gasteiger partial charge in [0, 0.05) is 43.5 Å². The van der Waals surface area contributed by atoms with Gasteiger partial charge in [-0.25, -0.2) is 0 Å². The van der Waals surface area contributed by atoms with Crippen LogP contribution < -0.4 is 10.6 Å². The van der Waals surface area contributed by atoms with Crippen LogP contribution in [0.3, 0.4) is 0 Å². The molecular weight excluding hydrogens is 314 g/mol. The molecule has 1 amide bonds. The number of nitrogens with zero attached hydrogens (tertiary/aromatic N) is 1. The van der Waals surface area contributed by atoms with E-state index in [1.54, 1.807) is 0 Å². The van der Waals surface area contributed by atoms with Crippen molar-refractivity contribution in [1.82, 2.24) is 10.2 Å². The molecule has 0 unspecified atom stereocenters. The molecule has 1 heterocycles. The van der Waals surface area contributed by atoms with Gasteiger partial charge < -0.3 is 15.7 Å². The highest BCUT2D eigenvalue weighted by Crippen LogP contribution is 2.22. The maximum atomic E-state index is 12.2. The van der Waals surface area contributed by atoms with Crippen molar-refractivity contribution >= 4 is 11.6 Å². The van der Waals surface area contributed by atoms with Crippen molar-refractivity contribution in [2.45, 2.75) is 39.7 Å². The number of aliphatic hydroxyl groups excluding tert-OH is 1. The van der Waals surface area contributed by atoms with E-state index in [0.29, 0.717) is 11.6 Å². The Morgan fingerprint density at radius 3 is 2.68 bits per heavy atom. The number of allylic oxidation sites excluding steroid dienone is 1. The number of amides is 1. The third kappa shape index (κ3) is 5.87. The number of likely N-dealkylation sites (tertiary alicyclic amines) is 1. The second-order valence-electron chi connectivity index (χ2n) is 6.96. The first-order valence-electron chi connectivity index (χ1n) is 9.12. The second-order valence-corrected chi connectivity index (χ2v) is 6.96. The van der Waals surface area contributed by atoms with Gasteiger partial charge in [0.2, 0.25) is 0 Å². The molecule has 0 atom stereocenters. The maximum absolute atomic E-state index is 12.2. The van der Waals surface area contributed by atoms with Gasteiger partial charge in [-0.05, 0) is 51.3 Å². The molecule has 3 N–H and O–H groups in total. The van der Waals surface area contributed by atoms with E-state index in [1.165, 1.54) is 5.57 Å². The van der Waals surface area contributed by atoms with Crippen molar-refractivity contribution in [2.24, 2.45) is 0 Å². The molecule has 0 aromatic heterocycles. The molecule has 1 aromatic rings. The third-order valence-corrected chi connectivity index (χ3v) is 4.68. The van der Waals surface area contributed by atoms with Gasteiger partial charge in [-0.15, -0.1) is 0 Å². The molecule has 1 aliphatic rings. The minimum absolute atomic E-state index is 0.0476. The van der Waals surface area contributed by atoms with Crippen molar-refractivity contribution < 1.29 is 9.90 Å². The van der Waals surface area contributed by atoms with Crippen LogP contribution in [-0.4, -0.2) is 54.7 Å². The average molecular weight is 345 g/mol. The number of hydrogen-bond donors (Lipinski definition) is 3. The molecule has 0 bridgehead atoms. The summed E-state index contributed by atoms with van der Waals surface area (Å²) in [5.41, 5.74) is 4.02. The van der Waals surface area contributed by atoms with Gasteiger partial charge >= 0.3 is 0 Å². The fraction of sp³-hybridized carbons (Fsp3) is 0.550. The monoisotopic (exact) mass is 345 g/mol. The van der Waals surface area contributed by atoms with Crippen LogP contribution in [0.5, 0.6) is 0 Å². The Balaban J connectivity index is 1.93. The lowest BCUT2D eigenvalue weighted by molar-refractivity contribution is 0.0944. The van der Waals surface area contributed by atoms with Crippen LogP contribution in [0.25, 0.3) is 0 Å². The summed E-state index contributed by atoms with van der Waals surface area (Å²) in [6.45, 7) is 9.71. The summed E-state index contributed by atoms with van der Waals surface area (Å²) < 4.78 is 0. The summed E-state index contributed by atoms with van der Waals surface area (Å²) in [7, 11) is 0. The van der Waals surface area contributed by atoms with Crippen LogP contribution >= 0.6 is 0 Å². The number of piperidine rings is 1. The molecule has 25 heavy (non-hydrogen) atoms. The molecule has 0 spiro atoms. The number of carbonyl (C=O) groups is 1. The number of nitrogens with one attached hydrogen (secondary N) is 2. The Morgan fingerprint density at radius 2 is 2.04 bits per heavy atom. The Kier molecular flexibility index (Phi) is 7.47. The van der Waals surface area contributed by atoms with Gasteiger partial charge in [0.25, 0.3) is 5.91 Å². The van der Waals surface area contributed by atoms with E-state index in [-0.39, 0.29) is 19.1 Å². The largest absolute Gasteiger partial charge is 0.395 e. The molecule has 1 saturated heterocycles. The number of carbonyl (C=O) groups excluding carboxylic acids is 1. The fourth-order valence-electron chi connectivity index (χ4n) is 3.09. The van der Waals surface area contributed by atoms with E-state index in [4.69, 9.17) is 5.11 Å². The van der Waals surface area contributed by atoms with Crippen LogP contribution in [0.4, 0.5) is 5.69 Å². The van der Waals surface area contributed by atoms with E-state index in [0.717, 1.165) is 43.7 Å². The number of anilines is 1. The zero-order valence-electron chi connectivity index (χ0n) is 15.6. The number of hydrogen-bond acceptors (Lipinski definition) is 4. The quantitative estimate of drug-likeness (QED) is 0.665. The lowest BCUT2D eigenvalue weighted by atomic mass is 10.0. The van der Waals surface area contributed by atoms with E-state index in [9.17, 15) is 4.79 Å². The molecule has 0 radical (unpaired) electrons. The van der Waals surface area contributed by atoms with Gasteiger partial charge in [-0.2, -0.15) is 0 Å². The molecule has 2 rings (SSSR count). The van der Waals surface area contributed by atoms with Gasteiger partial charge in [0.1, 0.15) is 0 Å². The molecule has 1 fully saturated rings. The number of aliphatic hydroxyl groups is 1. The number of benzene rings is 1. The van der Waals surface area contributed by atoms with Gasteiger partial charge in [0.15, 0.2) is 0 Å². The summed E-state index contributed by atoms with van der Waals surface area (Å²) in [4.78, 5) is 14.7. The first kappa shape index (κ1) is 19.5. The molecule has 5 heteroatoms. The Bertz CT molecular complexity index is 601. The highest BCUT2D eigenvalue weighted by Gasteiger charge is 2.19. The van der Waals surface area contributed by atoms with Crippen molar-refractivity contribution in [2.75, 3.05) is 38.1 Å². The SMILES string of the molecule is CC(C)=CCN1CCC(Nc2cccc(C(=O)NCCO)c2C)CC1. The summed E-state index contributed by atoms with van der Waals surface area (Å²) >= 11 is 0. The van der Waals surface area contributed by atoms with Crippen molar-refractivity contribution in [1.29, 1.82) is 0 Å². The standard InChI is InChI=1S/C20H31N3O2/c1-15(2)7-11-23-12-8-17(9-13-23)22-19-6-4-5-18(16(19)3)20(25)21-10-14-24/h4-7,17,22,24H,8-14H2,1-3H3,(H,21,25). The third-order valence-electron chi connectivity index (χ3n) is 4.68. The molecule has 138 valence electrons. The maximum Gasteiger partial charge on any atom is 0.251 e. The molecule has 5 nitrogen and oxygen atoms in total. The lowest BCUT2D eigenvalue weighted by Gasteiger charge is -2.32. The summed E-state index contributed by atoms with van der Waals surface area (Å²) in [5.74, 6) is -0.133. The van der Waals surface area contributed by atoms with E-state index in [2.05, 4.69) is 35.5 Å². The fourth-order valence-corrected chi connectivity index (χ4v) is 3.09. The Morgan fingerprint density at radius 1 is 1.32 bits per heavy atom. The molecule has 0 saturated carbocycles. The van der Waals surface area contributed by atoms with Crippen molar-refractivity contribution in [3.8, 4) is 0 Å². The van der Waals surface area contributed by atoms with Crippen molar-refractivity contribution in [3.05, 3.63) is 41.0 Å². The molecule has 0 aliphatic carbocycles. The van der Waals surface area contributed by atoms with Crippen LogP contribution in [0.1, 0.15) is 42.6 Å². The average Bonchev–Trinajstić information content (AvgIpc) is 2.60. The lowest BCUT2D eigenvalue weighted by Crippen LogP contribution is -2.39. The van der Waals surface area contributed by atoms with Crippen molar-refractivity contribution in [3.63, 3.8) is 0 Å². The van der Waals surface area contributed by atoms with Crippen LogP contribution in [0.2, 0.25) is 0 Å². The first-order valence-corrected chi connectivity index (χ1v) is 9.12. The second kappa shape index (κ2) is 9.59. The van der Waals surface area contributed by atoms with Gasteiger partial charge in [-0.3, -0.25) is 9.69 Å². The molecular formula is C20H31N3O2. The zero-order chi connectivity index (χ0) is 18.2. The molecule has 1 aliphatic heterocycles. The van der Waals surface area contributed by atoms with Crippen LogP contribution in [0.15, 0.2) is 29.8 Å². The minimum atomic E-state index is -0.133. The normalized spacial score (nSPS) is 15.7. The Hall–Kier alpha value is -1.85. The van der Waals surface area contributed by atoms with E-state index in [1.807, 2.05) is 25.1 Å². The summed E-state index contributed by atoms with van der Waals surface area (Å²) in [5, 5.41) is 15.2. The summed E-state index contributed by atoms with van der Waals surface area (Å²) in [6, 6.07) is 6.22. The first-order chi connectivity index (χ1) is 12.0.